The lowest BCUT2D eigenvalue weighted by Crippen LogP contribution is -2.16. The van der Waals surface area contributed by atoms with E-state index in [1.165, 1.54) is 6.07 Å². The summed E-state index contributed by atoms with van der Waals surface area (Å²) >= 11 is 6.02. The summed E-state index contributed by atoms with van der Waals surface area (Å²) in [5.74, 6) is -0.672. The van der Waals surface area contributed by atoms with Gasteiger partial charge in [0.25, 0.3) is 5.91 Å². The van der Waals surface area contributed by atoms with Gasteiger partial charge in [-0.3, -0.25) is 9.59 Å². The average molecular weight is 334 g/mol. The maximum absolute atomic E-state index is 12.4. The van der Waals surface area contributed by atoms with Crippen LogP contribution in [0.25, 0.3) is 0 Å². The van der Waals surface area contributed by atoms with Crippen molar-refractivity contribution in [2.24, 2.45) is 5.73 Å². The van der Waals surface area contributed by atoms with Crippen molar-refractivity contribution < 1.29 is 14.3 Å². The second-order valence-electron chi connectivity index (χ2n) is 4.76. The van der Waals surface area contributed by atoms with E-state index in [9.17, 15) is 9.59 Å². The standard InChI is InChI=1S/C16H16ClN3O3/c1-3-23-13-7-5-11(17)14(20-13)16(22)19-12-6-4-10(15(18)21)8-9(12)2/h4-8H,3H2,1-2H3,(H2,18,21)(H,19,22). The number of ether oxygens (including phenoxy) is 1. The number of pyridine rings is 1. The van der Waals surface area contributed by atoms with E-state index in [-0.39, 0.29) is 10.7 Å². The molecule has 120 valence electrons. The molecule has 0 aliphatic heterocycles. The molecule has 0 radical (unpaired) electrons. The smallest absolute Gasteiger partial charge is 0.275 e. The SMILES string of the molecule is CCOc1ccc(Cl)c(C(=O)Nc2ccc(C(N)=O)cc2C)n1. The van der Waals surface area contributed by atoms with Gasteiger partial charge in [0.1, 0.15) is 0 Å². The number of nitrogens with zero attached hydrogens (tertiary/aromatic N) is 1. The second-order valence-corrected chi connectivity index (χ2v) is 5.17. The zero-order chi connectivity index (χ0) is 17.0. The van der Waals surface area contributed by atoms with E-state index < -0.39 is 11.8 Å². The lowest BCUT2D eigenvalue weighted by molar-refractivity contribution is 0.0997. The minimum absolute atomic E-state index is 0.0657. The van der Waals surface area contributed by atoms with E-state index >= 15 is 0 Å². The summed E-state index contributed by atoms with van der Waals surface area (Å²) in [7, 11) is 0. The van der Waals surface area contributed by atoms with Crippen molar-refractivity contribution in [3.63, 3.8) is 0 Å². The number of aryl methyl sites for hydroxylation is 1. The molecule has 23 heavy (non-hydrogen) atoms. The molecular formula is C16H16ClN3O3. The summed E-state index contributed by atoms with van der Waals surface area (Å²) in [5.41, 5.74) is 6.90. The van der Waals surface area contributed by atoms with Crippen LogP contribution in [0.15, 0.2) is 30.3 Å². The van der Waals surface area contributed by atoms with Gasteiger partial charge in [0, 0.05) is 17.3 Å². The molecule has 7 heteroatoms. The van der Waals surface area contributed by atoms with Crippen LogP contribution < -0.4 is 15.8 Å². The van der Waals surface area contributed by atoms with Crippen molar-refractivity contribution in [1.29, 1.82) is 0 Å². The summed E-state index contributed by atoms with van der Waals surface area (Å²) in [6, 6.07) is 7.89. The Balaban J connectivity index is 2.25. The number of amides is 2. The number of carbonyl (C=O) groups excluding carboxylic acids is 2. The van der Waals surface area contributed by atoms with Crippen LogP contribution >= 0.6 is 11.6 Å². The highest BCUT2D eigenvalue weighted by molar-refractivity contribution is 6.34. The second kappa shape index (κ2) is 7.11. The fourth-order valence-corrected chi connectivity index (χ4v) is 2.14. The highest BCUT2D eigenvalue weighted by Gasteiger charge is 2.15. The quantitative estimate of drug-likeness (QED) is 0.879. The number of benzene rings is 1. The number of aromatic nitrogens is 1. The summed E-state index contributed by atoms with van der Waals surface area (Å²) in [4.78, 5) is 27.6. The van der Waals surface area contributed by atoms with Crippen molar-refractivity contribution in [3.05, 3.63) is 52.2 Å². The molecule has 1 heterocycles. The Hall–Kier alpha value is -2.60. The van der Waals surface area contributed by atoms with E-state index in [0.29, 0.717) is 29.3 Å². The van der Waals surface area contributed by atoms with Crippen molar-refractivity contribution in [2.45, 2.75) is 13.8 Å². The summed E-state index contributed by atoms with van der Waals surface area (Å²) in [5, 5.41) is 2.93. The first-order chi connectivity index (χ1) is 10.9. The van der Waals surface area contributed by atoms with E-state index in [1.54, 1.807) is 31.2 Å². The Morgan fingerprint density at radius 1 is 1.30 bits per heavy atom. The van der Waals surface area contributed by atoms with Gasteiger partial charge >= 0.3 is 0 Å². The largest absolute Gasteiger partial charge is 0.478 e. The van der Waals surface area contributed by atoms with Gasteiger partial charge in [0.05, 0.1) is 11.6 Å². The number of halogens is 1. The Kier molecular flexibility index (Phi) is 5.18. The van der Waals surface area contributed by atoms with Gasteiger partial charge in [-0.05, 0) is 43.7 Å². The maximum atomic E-state index is 12.4. The van der Waals surface area contributed by atoms with Crippen molar-refractivity contribution in [1.82, 2.24) is 4.98 Å². The first-order valence-corrected chi connectivity index (χ1v) is 7.31. The van der Waals surface area contributed by atoms with Crippen LogP contribution in [0.3, 0.4) is 0 Å². The third-order valence-electron chi connectivity index (χ3n) is 3.09. The Labute approximate surface area is 138 Å². The number of nitrogens with two attached hydrogens (primary N) is 1. The zero-order valence-electron chi connectivity index (χ0n) is 12.7. The third-order valence-corrected chi connectivity index (χ3v) is 3.39. The number of hydrogen-bond donors (Lipinski definition) is 2. The summed E-state index contributed by atoms with van der Waals surface area (Å²) in [6.45, 7) is 4.01. The Morgan fingerprint density at radius 2 is 2.04 bits per heavy atom. The molecule has 0 aliphatic rings. The Morgan fingerprint density at radius 3 is 2.65 bits per heavy atom. The number of carbonyl (C=O) groups is 2. The molecule has 3 N–H and O–H groups in total. The van der Waals surface area contributed by atoms with Gasteiger partial charge < -0.3 is 15.8 Å². The molecule has 0 fully saturated rings. The van der Waals surface area contributed by atoms with E-state index in [2.05, 4.69) is 10.3 Å². The molecule has 2 rings (SSSR count). The first kappa shape index (κ1) is 16.8. The maximum Gasteiger partial charge on any atom is 0.275 e. The number of anilines is 1. The van der Waals surface area contributed by atoms with Crippen LogP contribution in [0.2, 0.25) is 5.02 Å². The van der Waals surface area contributed by atoms with Gasteiger partial charge in [0.2, 0.25) is 11.8 Å². The van der Waals surface area contributed by atoms with Crippen molar-refractivity contribution >= 4 is 29.1 Å². The molecule has 2 amide bonds. The predicted octanol–water partition coefficient (Wildman–Crippen LogP) is 2.79. The molecule has 0 bridgehead atoms. The lowest BCUT2D eigenvalue weighted by atomic mass is 10.1. The van der Waals surface area contributed by atoms with E-state index in [4.69, 9.17) is 22.1 Å². The first-order valence-electron chi connectivity index (χ1n) is 6.93. The van der Waals surface area contributed by atoms with Gasteiger partial charge in [-0.1, -0.05) is 11.6 Å². The zero-order valence-corrected chi connectivity index (χ0v) is 13.5. The molecule has 0 unspecified atom stereocenters. The lowest BCUT2D eigenvalue weighted by Gasteiger charge is -2.11. The minimum Gasteiger partial charge on any atom is -0.478 e. The van der Waals surface area contributed by atoms with Crippen LogP contribution in [0.5, 0.6) is 5.88 Å². The highest BCUT2D eigenvalue weighted by Crippen LogP contribution is 2.21. The van der Waals surface area contributed by atoms with Gasteiger partial charge in [-0.25, -0.2) is 4.98 Å². The molecule has 0 atom stereocenters. The number of nitrogens with one attached hydrogen (secondary N) is 1. The molecule has 6 nitrogen and oxygen atoms in total. The molecular weight excluding hydrogens is 318 g/mol. The molecule has 0 aliphatic carbocycles. The minimum atomic E-state index is -0.528. The van der Waals surface area contributed by atoms with E-state index in [0.717, 1.165) is 0 Å². The Bertz CT molecular complexity index is 762. The van der Waals surface area contributed by atoms with Crippen LogP contribution in [0.1, 0.15) is 33.3 Å². The van der Waals surface area contributed by atoms with Crippen LogP contribution in [-0.4, -0.2) is 23.4 Å². The molecule has 0 saturated heterocycles. The number of primary amides is 1. The fourth-order valence-electron chi connectivity index (χ4n) is 1.95. The molecule has 1 aromatic carbocycles. The predicted molar refractivity (Wildman–Crippen MR) is 88.1 cm³/mol. The average Bonchev–Trinajstić information content (AvgIpc) is 2.51. The molecule has 0 spiro atoms. The van der Waals surface area contributed by atoms with Gasteiger partial charge in [-0.2, -0.15) is 0 Å². The number of hydrogen-bond acceptors (Lipinski definition) is 4. The van der Waals surface area contributed by atoms with Gasteiger partial charge in [-0.15, -0.1) is 0 Å². The van der Waals surface area contributed by atoms with Crippen molar-refractivity contribution in [3.8, 4) is 5.88 Å². The van der Waals surface area contributed by atoms with Crippen LogP contribution in [0, 0.1) is 6.92 Å². The fraction of sp³-hybridized carbons (Fsp3) is 0.188. The molecule has 0 saturated carbocycles. The van der Waals surface area contributed by atoms with Gasteiger partial charge in [0.15, 0.2) is 5.69 Å². The van der Waals surface area contributed by atoms with Crippen LogP contribution in [-0.2, 0) is 0 Å². The molecule has 2 aromatic rings. The van der Waals surface area contributed by atoms with Crippen LogP contribution in [0.4, 0.5) is 5.69 Å². The topological polar surface area (TPSA) is 94.3 Å². The van der Waals surface area contributed by atoms with Crippen molar-refractivity contribution in [2.75, 3.05) is 11.9 Å². The molecule has 1 aromatic heterocycles. The number of rotatable bonds is 5. The third kappa shape index (κ3) is 3.98. The highest BCUT2D eigenvalue weighted by atomic mass is 35.5. The van der Waals surface area contributed by atoms with E-state index in [1.807, 2.05) is 6.92 Å². The normalized spacial score (nSPS) is 10.2. The summed E-state index contributed by atoms with van der Waals surface area (Å²) < 4.78 is 5.27. The summed E-state index contributed by atoms with van der Waals surface area (Å²) in [6.07, 6.45) is 0. The monoisotopic (exact) mass is 333 g/mol.